The molecular formula is C10H13F4NO2. The van der Waals surface area contributed by atoms with Crippen LogP contribution in [-0.4, -0.2) is 18.8 Å². The highest BCUT2D eigenvalue weighted by atomic mass is 19.3. The topological polar surface area (TPSA) is 44.5 Å². The van der Waals surface area contributed by atoms with Crippen LogP contribution >= 0.6 is 0 Å². The molecule has 0 atom stereocenters. The van der Waals surface area contributed by atoms with Gasteiger partial charge in [0.05, 0.1) is 0 Å². The first kappa shape index (κ1) is 13.8. The van der Waals surface area contributed by atoms with Crippen LogP contribution in [0.2, 0.25) is 0 Å². The zero-order chi connectivity index (χ0) is 13.1. The first-order valence-corrected chi connectivity index (χ1v) is 5.07. The van der Waals surface area contributed by atoms with Crippen LogP contribution in [0.3, 0.4) is 0 Å². The Balaban J connectivity index is 2.96. The zero-order valence-corrected chi connectivity index (χ0v) is 9.18. The van der Waals surface area contributed by atoms with Crippen LogP contribution in [0.5, 0.6) is 0 Å². The predicted molar refractivity (Wildman–Crippen MR) is 52.2 cm³/mol. The third-order valence-corrected chi connectivity index (χ3v) is 2.03. The van der Waals surface area contributed by atoms with E-state index in [1.165, 1.54) is 13.0 Å². The zero-order valence-electron chi connectivity index (χ0n) is 9.18. The predicted octanol–water partition coefficient (Wildman–Crippen LogP) is 2.75. The molecule has 0 saturated carbocycles. The van der Waals surface area contributed by atoms with Gasteiger partial charge in [0, 0.05) is 6.42 Å². The van der Waals surface area contributed by atoms with Gasteiger partial charge in [-0.05, 0) is 19.0 Å². The number of nitrogens with two attached hydrogens (primary N) is 1. The standard InChI is InChI=1S/C10H13F4NO2/c1-2-7-8(5-3-4-6-15)17-10(13,14)9(11,12)16-7/h3,5H,2,4,6,15H2,1H3/b5-3-. The van der Waals surface area contributed by atoms with Gasteiger partial charge >= 0.3 is 12.2 Å². The summed E-state index contributed by atoms with van der Waals surface area (Å²) in [5.41, 5.74) is 5.20. The molecule has 1 aliphatic rings. The lowest BCUT2D eigenvalue weighted by Crippen LogP contribution is -2.47. The minimum Gasteiger partial charge on any atom is -0.426 e. The maximum absolute atomic E-state index is 12.9. The van der Waals surface area contributed by atoms with Crippen molar-refractivity contribution in [3.63, 3.8) is 0 Å². The second kappa shape index (κ2) is 4.95. The monoisotopic (exact) mass is 255 g/mol. The smallest absolute Gasteiger partial charge is 0.426 e. The van der Waals surface area contributed by atoms with Crippen LogP contribution in [-0.2, 0) is 9.47 Å². The molecule has 0 bridgehead atoms. The van der Waals surface area contributed by atoms with Crippen molar-refractivity contribution in [1.82, 2.24) is 0 Å². The highest BCUT2D eigenvalue weighted by Gasteiger charge is 2.65. The third-order valence-electron chi connectivity index (χ3n) is 2.03. The fourth-order valence-electron chi connectivity index (χ4n) is 1.18. The van der Waals surface area contributed by atoms with Gasteiger partial charge < -0.3 is 15.2 Å². The number of allylic oxidation sites excluding steroid dienone is 2. The Bertz CT molecular complexity index is 339. The molecule has 0 radical (unpaired) electrons. The molecule has 0 fully saturated rings. The van der Waals surface area contributed by atoms with Crippen molar-refractivity contribution in [1.29, 1.82) is 0 Å². The van der Waals surface area contributed by atoms with E-state index in [1.54, 1.807) is 0 Å². The summed E-state index contributed by atoms with van der Waals surface area (Å²) < 4.78 is 59.3. The van der Waals surface area contributed by atoms with Crippen LogP contribution in [0, 0.1) is 0 Å². The first-order valence-electron chi connectivity index (χ1n) is 5.07. The van der Waals surface area contributed by atoms with E-state index in [9.17, 15) is 17.6 Å². The SMILES string of the molecule is CCC1=C(/C=C\CCN)OC(F)(F)C(F)(F)O1. The summed E-state index contributed by atoms with van der Waals surface area (Å²) in [6, 6.07) is 0. The number of halogens is 4. The molecule has 1 rings (SSSR count). The molecule has 1 heterocycles. The number of alkyl halides is 4. The van der Waals surface area contributed by atoms with Crippen molar-refractivity contribution in [2.75, 3.05) is 6.54 Å². The lowest BCUT2D eigenvalue weighted by atomic mass is 10.2. The molecule has 0 aromatic heterocycles. The third kappa shape index (κ3) is 2.91. The molecule has 0 unspecified atom stereocenters. The second-order valence-corrected chi connectivity index (χ2v) is 3.36. The lowest BCUT2D eigenvalue weighted by molar-refractivity contribution is -0.426. The fourth-order valence-corrected chi connectivity index (χ4v) is 1.18. The molecule has 0 aliphatic carbocycles. The molecule has 0 spiro atoms. The minimum atomic E-state index is -4.67. The summed E-state index contributed by atoms with van der Waals surface area (Å²) in [4.78, 5) is 0. The van der Waals surface area contributed by atoms with Gasteiger partial charge in [0.2, 0.25) is 0 Å². The van der Waals surface area contributed by atoms with E-state index in [0.29, 0.717) is 13.0 Å². The number of hydrogen-bond donors (Lipinski definition) is 1. The lowest BCUT2D eigenvalue weighted by Gasteiger charge is -2.32. The highest BCUT2D eigenvalue weighted by molar-refractivity contribution is 5.19. The van der Waals surface area contributed by atoms with Crippen molar-refractivity contribution < 1.29 is 27.0 Å². The summed E-state index contributed by atoms with van der Waals surface area (Å²) in [6.07, 6.45) is -6.26. The van der Waals surface area contributed by atoms with Gasteiger partial charge in [0.1, 0.15) is 5.76 Å². The summed E-state index contributed by atoms with van der Waals surface area (Å²) in [5, 5.41) is 0. The van der Waals surface area contributed by atoms with Crippen molar-refractivity contribution >= 4 is 0 Å². The minimum absolute atomic E-state index is 0.0218. The molecule has 0 aromatic rings. The Morgan fingerprint density at radius 1 is 1.18 bits per heavy atom. The summed E-state index contributed by atoms with van der Waals surface area (Å²) in [5.74, 6) is -0.703. The first-order chi connectivity index (χ1) is 7.84. The molecule has 7 heteroatoms. The van der Waals surface area contributed by atoms with Crippen molar-refractivity contribution in [2.24, 2.45) is 5.73 Å². The number of ether oxygens (including phenoxy) is 2. The van der Waals surface area contributed by atoms with E-state index < -0.39 is 18.0 Å². The van der Waals surface area contributed by atoms with Gasteiger partial charge in [-0.25, -0.2) is 0 Å². The number of hydrogen-bond acceptors (Lipinski definition) is 3. The molecular weight excluding hydrogens is 242 g/mol. The quantitative estimate of drug-likeness (QED) is 0.785. The molecule has 17 heavy (non-hydrogen) atoms. The Morgan fingerprint density at radius 3 is 2.29 bits per heavy atom. The average Bonchev–Trinajstić information content (AvgIpc) is 2.23. The average molecular weight is 255 g/mol. The maximum Gasteiger partial charge on any atom is 0.507 e. The van der Waals surface area contributed by atoms with E-state index in [1.807, 2.05) is 0 Å². The summed E-state index contributed by atoms with van der Waals surface area (Å²) in [7, 11) is 0. The van der Waals surface area contributed by atoms with E-state index in [4.69, 9.17) is 5.73 Å². The van der Waals surface area contributed by atoms with Crippen molar-refractivity contribution in [3.05, 3.63) is 23.7 Å². The van der Waals surface area contributed by atoms with Gasteiger partial charge in [0.25, 0.3) is 0 Å². The van der Waals surface area contributed by atoms with Crippen molar-refractivity contribution in [2.45, 2.75) is 32.0 Å². The highest BCUT2D eigenvalue weighted by Crippen LogP contribution is 2.44. The summed E-state index contributed by atoms with van der Waals surface area (Å²) in [6.45, 7) is 1.81. The molecule has 2 N–H and O–H groups in total. The van der Waals surface area contributed by atoms with E-state index >= 15 is 0 Å². The molecule has 3 nitrogen and oxygen atoms in total. The normalized spacial score (nSPS) is 22.5. The molecule has 0 saturated heterocycles. The molecule has 1 aliphatic heterocycles. The van der Waals surface area contributed by atoms with Crippen LogP contribution < -0.4 is 5.73 Å². The van der Waals surface area contributed by atoms with Crippen molar-refractivity contribution in [3.8, 4) is 0 Å². The van der Waals surface area contributed by atoms with Crippen LogP contribution in [0.25, 0.3) is 0 Å². The van der Waals surface area contributed by atoms with Gasteiger partial charge in [-0.3, -0.25) is 0 Å². The van der Waals surface area contributed by atoms with Crippen LogP contribution in [0.1, 0.15) is 19.8 Å². The second-order valence-electron chi connectivity index (χ2n) is 3.36. The fraction of sp³-hybridized carbons (Fsp3) is 0.600. The van der Waals surface area contributed by atoms with E-state index in [0.717, 1.165) is 6.08 Å². The Kier molecular flexibility index (Phi) is 4.03. The van der Waals surface area contributed by atoms with Gasteiger partial charge in [-0.2, -0.15) is 17.6 Å². The van der Waals surface area contributed by atoms with Gasteiger partial charge in [-0.15, -0.1) is 0 Å². The summed E-state index contributed by atoms with van der Waals surface area (Å²) >= 11 is 0. The molecule has 0 aromatic carbocycles. The maximum atomic E-state index is 12.9. The van der Waals surface area contributed by atoms with Crippen LogP contribution in [0.4, 0.5) is 17.6 Å². The van der Waals surface area contributed by atoms with Gasteiger partial charge in [0.15, 0.2) is 5.76 Å². The molecule has 98 valence electrons. The number of rotatable bonds is 4. The molecule has 0 amide bonds. The Hall–Kier alpha value is -1.24. The largest absolute Gasteiger partial charge is 0.507 e. The van der Waals surface area contributed by atoms with Crippen LogP contribution in [0.15, 0.2) is 23.7 Å². The Labute approximate surface area is 95.9 Å². The van der Waals surface area contributed by atoms with E-state index in [-0.39, 0.29) is 12.2 Å². The van der Waals surface area contributed by atoms with Gasteiger partial charge in [-0.1, -0.05) is 13.0 Å². The Morgan fingerprint density at radius 2 is 1.76 bits per heavy atom. The van der Waals surface area contributed by atoms with E-state index in [2.05, 4.69) is 9.47 Å².